The molecule has 0 fully saturated rings. The van der Waals surface area contributed by atoms with Crippen molar-refractivity contribution in [2.45, 2.75) is 116 Å². The third-order valence-corrected chi connectivity index (χ3v) is 6.61. The van der Waals surface area contributed by atoms with E-state index in [-0.39, 0.29) is 0 Å². The molecular weight excluding hydrogens is 467 g/mol. The van der Waals surface area contributed by atoms with Gasteiger partial charge >= 0.3 is 7.82 Å². The van der Waals surface area contributed by atoms with Crippen LogP contribution < -0.4 is 10.0 Å². The lowest BCUT2D eigenvalue weighted by molar-refractivity contribution is -0.123. The number of hydrogen-bond acceptors (Lipinski definition) is 5. The van der Waals surface area contributed by atoms with E-state index in [0.717, 1.165) is 25.5 Å². The second kappa shape index (κ2) is 19.8. The van der Waals surface area contributed by atoms with Gasteiger partial charge in [0, 0.05) is 6.54 Å². The summed E-state index contributed by atoms with van der Waals surface area (Å²) in [5, 5.41) is 2.59. The first kappa shape index (κ1) is 32.5. The highest BCUT2D eigenvalue weighted by Crippen LogP contribution is 2.35. The summed E-state index contributed by atoms with van der Waals surface area (Å²) in [4.78, 5) is 29.6. The largest absolute Gasteiger partial charge is 0.469 e. The molecule has 1 atom stereocenters. The Morgan fingerprint density at radius 2 is 1.21 bits per heavy atom. The second-order valence-corrected chi connectivity index (χ2v) is 11.8. The van der Waals surface area contributed by atoms with Gasteiger partial charge in [-0.05, 0) is 6.42 Å². The van der Waals surface area contributed by atoms with Crippen molar-refractivity contribution in [1.29, 1.82) is 0 Å². The zero-order valence-electron chi connectivity index (χ0n) is 20.6. The summed E-state index contributed by atoms with van der Waals surface area (Å²) in [6, 6.07) is -1.39. The van der Waals surface area contributed by atoms with Crippen LogP contribution in [0.25, 0.3) is 0 Å². The van der Waals surface area contributed by atoms with Crippen LogP contribution in [-0.2, 0) is 23.9 Å². The van der Waals surface area contributed by atoms with Crippen molar-refractivity contribution in [3.8, 4) is 0 Å². The summed E-state index contributed by atoms with van der Waals surface area (Å²) in [6.07, 6.45) is 20.9. The smallest absolute Gasteiger partial charge is 0.355 e. The SMILES string of the molecule is CCCCCCCCCCCCCCCCCCNC(=O)[C@H](COP(=O)(O)O)NS(C)(=O)=O. The molecule has 1 amide bonds. The fourth-order valence-electron chi connectivity index (χ4n) is 3.60. The van der Waals surface area contributed by atoms with Crippen molar-refractivity contribution >= 4 is 23.8 Å². The van der Waals surface area contributed by atoms with E-state index in [1.807, 2.05) is 4.72 Å². The molecule has 0 rings (SSSR count). The number of carbonyl (C=O) groups excluding carboxylic acids is 1. The zero-order chi connectivity index (χ0) is 25.0. The summed E-state index contributed by atoms with van der Waals surface area (Å²) in [7, 11) is -8.55. The minimum absolute atomic E-state index is 0.370. The van der Waals surface area contributed by atoms with E-state index >= 15 is 0 Å². The van der Waals surface area contributed by atoms with Crippen LogP contribution in [0.5, 0.6) is 0 Å². The van der Waals surface area contributed by atoms with Crippen molar-refractivity contribution in [2.75, 3.05) is 19.4 Å². The summed E-state index contributed by atoms with van der Waals surface area (Å²) >= 11 is 0. The average Bonchev–Trinajstić information content (AvgIpc) is 2.71. The fraction of sp³-hybridized carbons (Fsp3) is 0.955. The Balaban J connectivity index is 3.68. The van der Waals surface area contributed by atoms with Crippen LogP contribution in [-0.4, -0.2) is 49.6 Å². The standard InChI is InChI=1S/C22H47N2O7PS/c1-3-4-5-6-7-8-9-10-11-12-13-14-15-16-17-18-19-23-22(25)21(24-33(2,29)30)20-31-32(26,27)28/h21,24H,3-20H2,1-2H3,(H,23,25)(H2,26,27,28)/t21-/m0/s1. The third kappa shape index (κ3) is 24.4. The molecule has 0 aromatic rings. The van der Waals surface area contributed by atoms with Gasteiger partial charge in [-0.15, -0.1) is 0 Å². The molecule has 0 unspecified atom stereocenters. The Labute approximate surface area is 201 Å². The van der Waals surface area contributed by atoms with Crippen molar-refractivity contribution in [3.05, 3.63) is 0 Å². The highest BCUT2D eigenvalue weighted by molar-refractivity contribution is 7.88. The Kier molecular flexibility index (Phi) is 19.5. The van der Waals surface area contributed by atoms with Gasteiger partial charge in [-0.25, -0.2) is 17.7 Å². The number of phosphoric acid groups is 1. The molecule has 0 aromatic carbocycles. The van der Waals surface area contributed by atoms with Crippen LogP contribution in [0.3, 0.4) is 0 Å². The van der Waals surface area contributed by atoms with Gasteiger partial charge in [0.05, 0.1) is 12.9 Å². The minimum atomic E-state index is -4.80. The number of nitrogens with one attached hydrogen (secondary N) is 2. The molecule has 0 saturated heterocycles. The highest BCUT2D eigenvalue weighted by atomic mass is 32.2. The molecule has 4 N–H and O–H groups in total. The first-order valence-electron chi connectivity index (χ1n) is 12.5. The molecule has 198 valence electrons. The lowest BCUT2D eigenvalue weighted by Gasteiger charge is -2.17. The lowest BCUT2D eigenvalue weighted by Crippen LogP contribution is -2.49. The topological polar surface area (TPSA) is 142 Å². The second-order valence-electron chi connectivity index (χ2n) is 8.82. The van der Waals surface area contributed by atoms with E-state index in [2.05, 4.69) is 16.8 Å². The van der Waals surface area contributed by atoms with E-state index in [0.29, 0.717) is 6.54 Å². The predicted octanol–water partition coefficient (Wildman–Crippen LogP) is 4.39. The molecule has 0 radical (unpaired) electrons. The molecule has 33 heavy (non-hydrogen) atoms. The van der Waals surface area contributed by atoms with Gasteiger partial charge in [-0.3, -0.25) is 9.32 Å². The molecule has 0 heterocycles. The first-order valence-corrected chi connectivity index (χ1v) is 15.9. The predicted molar refractivity (Wildman–Crippen MR) is 132 cm³/mol. The Bertz CT molecular complexity index is 641. The molecule has 11 heteroatoms. The van der Waals surface area contributed by atoms with Crippen LogP contribution in [0.4, 0.5) is 0 Å². The maximum absolute atomic E-state index is 12.1. The van der Waals surface area contributed by atoms with Crippen molar-refractivity contribution in [1.82, 2.24) is 10.0 Å². The lowest BCUT2D eigenvalue weighted by atomic mass is 10.0. The number of hydrogen-bond donors (Lipinski definition) is 4. The normalized spacial score (nSPS) is 13.2. The zero-order valence-corrected chi connectivity index (χ0v) is 22.3. The van der Waals surface area contributed by atoms with Crippen LogP contribution >= 0.6 is 7.82 Å². The summed E-state index contributed by atoms with van der Waals surface area (Å²) in [6.45, 7) is 1.87. The Morgan fingerprint density at radius 3 is 1.58 bits per heavy atom. The maximum Gasteiger partial charge on any atom is 0.469 e. The number of amides is 1. The molecule has 0 spiro atoms. The van der Waals surface area contributed by atoms with E-state index in [9.17, 15) is 17.8 Å². The van der Waals surface area contributed by atoms with Crippen molar-refractivity contribution in [3.63, 3.8) is 0 Å². The first-order chi connectivity index (χ1) is 15.5. The van der Waals surface area contributed by atoms with Gasteiger partial charge in [0.1, 0.15) is 6.04 Å². The Morgan fingerprint density at radius 1 is 0.818 bits per heavy atom. The van der Waals surface area contributed by atoms with Gasteiger partial charge in [0.15, 0.2) is 0 Å². The molecule has 0 aliphatic heterocycles. The molecular formula is C22H47N2O7PS. The number of sulfonamides is 1. The third-order valence-electron chi connectivity index (χ3n) is 5.41. The number of phosphoric ester groups is 1. The van der Waals surface area contributed by atoms with E-state index in [1.165, 1.54) is 83.5 Å². The minimum Gasteiger partial charge on any atom is -0.355 e. The highest BCUT2D eigenvalue weighted by Gasteiger charge is 2.26. The number of rotatable bonds is 23. The van der Waals surface area contributed by atoms with Crippen LogP contribution in [0, 0.1) is 0 Å². The molecule has 0 bridgehead atoms. The molecule has 0 aliphatic carbocycles. The van der Waals surface area contributed by atoms with Crippen molar-refractivity contribution in [2.24, 2.45) is 0 Å². The Hall–Kier alpha value is -0.510. The molecule has 0 aromatic heterocycles. The van der Waals surface area contributed by atoms with E-state index in [1.54, 1.807) is 0 Å². The van der Waals surface area contributed by atoms with Crippen molar-refractivity contribution < 1.29 is 32.1 Å². The maximum atomic E-state index is 12.1. The summed E-state index contributed by atoms with van der Waals surface area (Å²) in [5.41, 5.74) is 0. The van der Waals surface area contributed by atoms with Gasteiger partial charge in [-0.1, -0.05) is 103 Å². The fourth-order valence-corrected chi connectivity index (χ4v) is 4.64. The van der Waals surface area contributed by atoms with Gasteiger partial charge < -0.3 is 15.1 Å². The average molecular weight is 515 g/mol. The quantitative estimate of drug-likeness (QED) is 0.117. The van der Waals surface area contributed by atoms with E-state index < -0.39 is 36.4 Å². The van der Waals surface area contributed by atoms with Crippen LogP contribution in [0.2, 0.25) is 0 Å². The number of carbonyl (C=O) groups is 1. The summed E-state index contributed by atoms with van der Waals surface area (Å²) < 4.78 is 39.8. The van der Waals surface area contributed by atoms with Gasteiger partial charge in [0.2, 0.25) is 15.9 Å². The summed E-state index contributed by atoms with van der Waals surface area (Å²) in [5.74, 6) is -0.671. The van der Waals surface area contributed by atoms with Gasteiger partial charge in [0.25, 0.3) is 0 Å². The molecule has 0 saturated carbocycles. The van der Waals surface area contributed by atoms with Crippen LogP contribution in [0.1, 0.15) is 110 Å². The van der Waals surface area contributed by atoms with E-state index in [4.69, 9.17) is 9.79 Å². The number of unbranched alkanes of at least 4 members (excludes halogenated alkanes) is 15. The molecule has 9 nitrogen and oxygen atoms in total. The molecule has 0 aliphatic rings. The monoisotopic (exact) mass is 514 g/mol. The van der Waals surface area contributed by atoms with Gasteiger partial charge in [-0.2, -0.15) is 0 Å². The van der Waals surface area contributed by atoms with Crippen LogP contribution in [0.15, 0.2) is 0 Å².